The van der Waals surface area contributed by atoms with Gasteiger partial charge in [0, 0.05) is 27.6 Å². The van der Waals surface area contributed by atoms with Crippen molar-refractivity contribution < 1.29 is 37.1 Å². The van der Waals surface area contributed by atoms with Crippen LogP contribution < -0.4 is 0 Å². The summed E-state index contributed by atoms with van der Waals surface area (Å²) in [4.78, 5) is 25.3. The first-order chi connectivity index (χ1) is 13.7. The molecule has 2 N–H and O–H groups in total. The van der Waals surface area contributed by atoms with Crippen LogP contribution in [0.5, 0.6) is 0 Å². The lowest BCUT2D eigenvalue weighted by Gasteiger charge is -2.09. The quantitative estimate of drug-likeness (QED) is 0.277. The minimum Gasteiger partial charge on any atom is -0.418 e. The highest BCUT2D eigenvalue weighted by atomic mass is 32.2. The fourth-order valence-electron chi connectivity index (χ4n) is 2.44. The zero-order chi connectivity index (χ0) is 21.9. The van der Waals surface area contributed by atoms with Crippen molar-refractivity contribution in [3.8, 4) is 0 Å². The van der Waals surface area contributed by atoms with Crippen LogP contribution >= 0.6 is 0 Å². The molecule has 0 unspecified atom stereocenters. The maximum atomic E-state index is 12.7. The van der Waals surface area contributed by atoms with Crippen LogP contribution in [0.2, 0.25) is 0 Å². The van der Waals surface area contributed by atoms with Gasteiger partial charge in [0.2, 0.25) is 5.78 Å². The predicted octanol–water partition coefficient (Wildman–Crippen LogP) is 3.00. The molecule has 0 amide bonds. The maximum Gasteiger partial charge on any atom is 0.673 e. The van der Waals surface area contributed by atoms with Gasteiger partial charge in [-0.3, -0.25) is 9.59 Å². The molecular weight excluding hydrogens is 411 g/mol. The first-order valence-corrected chi connectivity index (χ1v) is 10.4. The molecule has 0 fully saturated rings. The van der Waals surface area contributed by atoms with Gasteiger partial charge in [-0.25, -0.2) is 0 Å². The van der Waals surface area contributed by atoms with E-state index in [1.165, 1.54) is 0 Å². The zero-order valence-corrected chi connectivity index (χ0v) is 16.3. The van der Waals surface area contributed by atoms with E-state index in [9.17, 15) is 26.9 Å². The Bertz CT molecular complexity index is 775. The highest BCUT2D eigenvalue weighted by Gasteiger charge is 2.25. The Morgan fingerprint density at radius 3 is 1.72 bits per heavy atom. The number of aliphatic hydroxyl groups excluding tert-OH is 2. The summed E-state index contributed by atoms with van der Waals surface area (Å²) in [6.45, 7) is -0.0258. The van der Waals surface area contributed by atoms with Crippen molar-refractivity contribution >= 4 is 29.7 Å². The lowest BCUT2D eigenvalue weighted by molar-refractivity contribution is 0.0993. The Morgan fingerprint density at radius 1 is 0.793 bits per heavy atom. The summed E-state index contributed by atoms with van der Waals surface area (Å²) in [6, 6.07) is 15.7. The number of Topliss-reactive ketones (excluding diaryl/α,β-unsaturated/α-hetero) is 1. The number of carbonyl (C=O) groups is 2. The SMILES string of the molecule is F[B-](F)(F)F.O=C(C[S+](CCO)CCO)c1ccccc1C(=O)c1ccccc1. The maximum absolute atomic E-state index is 12.7. The van der Waals surface area contributed by atoms with Crippen LogP contribution in [0.25, 0.3) is 0 Å². The monoisotopic (exact) mass is 432 g/mol. The molecule has 4 nitrogen and oxygen atoms in total. The third-order valence-corrected chi connectivity index (χ3v) is 5.79. The molecule has 0 saturated carbocycles. The number of ketones is 2. The van der Waals surface area contributed by atoms with Crippen molar-refractivity contribution in [3.63, 3.8) is 0 Å². The van der Waals surface area contributed by atoms with E-state index in [-0.39, 0.29) is 41.4 Å². The van der Waals surface area contributed by atoms with Crippen LogP contribution in [0.3, 0.4) is 0 Å². The first-order valence-electron chi connectivity index (χ1n) is 8.62. The molecule has 0 saturated heterocycles. The van der Waals surface area contributed by atoms with Crippen LogP contribution in [-0.2, 0) is 10.9 Å². The largest absolute Gasteiger partial charge is 0.673 e. The third kappa shape index (κ3) is 9.73. The molecule has 0 heterocycles. The van der Waals surface area contributed by atoms with E-state index in [1.54, 1.807) is 48.5 Å². The number of halogens is 4. The molecule has 0 bridgehead atoms. The van der Waals surface area contributed by atoms with Crippen LogP contribution in [0, 0.1) is 0 Å². The fourth-order valence-corrected chi connectivity index (χ4v) is 3.97. The molecule has 2 rings (SSSR count). The zero-order valence-electron chi connectivity index (χ0n) is 15.4. The average molecular weight is 432 g/mol. The Morgan fingerprint density at radius 2 is 1.24 bits per heavy atom. The van der Waals surface area contributed by atoms with Crippen molar-refractivity contribution in [2.75, 3.05) is 30.5 Å². The summed E-state index contributed by atoms with van der Waals surface area (Å²) in [6.07, 6.45) is 0. The van der Waals surface area contributed by atoms with E-state index >= 15 is 0 Å². The molecule has 0 aliphatic carbocycles. The van der Waals surface area contributed by atoms with Gasteiger partial charge < -0.3 is 27.5 Å². The second kappa shape index (κ2) is 12.4. The molecule has 0 aromatic heterocycles. The number of hydrogen-bond donors (Lipinski definition) is 2. The standard InChI is InChI=1S/C19H21O4S.BF4/c20-10-12-24(13-11-21)14-18(22)16-8-4-5-9-17(16)19(23)15-6-2-1-3-7-15;2-1(3,4)5/h1-9,20-21H,10-14H2;/q+1;-1. The van der Waals surface area contributed by atoms with Gasteiger partial charge in [-0.1, -0.05) is 54.6 Å². The lowest BCUT2D eigenvalue weighted by atomic mass is 9.96. The van der Waals surface area contributed by atoms with Gasteiger partial charge in [-0.15, -0.1) is 0 Å². The number of carbonyl (C=O) groups excluding carboxylic acids is 2. The lowest BCUT2D eigenvalue weighted by Crippen LogP contribution is -2.26. The van der Waals surface area contributed by atoms with Gasteiger partial charge in [0.05, 0.1) is 13.2 Å². The number of aliphatic hydroxyl groups is 2. The highest BCUT2D eigenvalue weighted by molar-refractivity contribution is 7.97. The summed E-state index contributed by atoms with van der Waals surface area (Å²) >= 11 is 0. The second-order valence-corrected chi connectivity index (χ2v) is 8.10. The second-order valence-electron chi connectivity index (χ2n) is 5.77. The number of rotatable bonds is 9. The number of benzene rings is 2. The summed E-state index contributed by atoms with van der Waals surface area (Å²) < 4.78 is 39.0. The summed E-state index contributed by atoms with van der Waals surface area (Å²) in [5, 5.41) is 18.2. The van der Waals surface area contributed by atoms with Crippen LogP contribution in [0.15, 0.2) is 54.6 Å². The Balaban J connectivity index is 0.000000749. The predicted molar refractivity (Wildman–Crippen MR) is 107 cm³/mol. The first kappa shape index (κ1) is 24.9. The Labute approximate surface area is 169 Å². The van der Waals surface area contributed by atoms with E-state index < -0.39 is 7.25 Å². The molecule has 0 radical (unpaired) electrons. The minimum absolute atomic E-state index is 0.0129. The van der Waals surface area contributed by atoms with Gasteiger partial charge in [-0.05, 0) is 0 Å². The van der Waals surface area contributed by atoms with Crippen LogP contribution in [0.4, 0.5) is 17.3 Å². The van der Waals surface area contributed by atoms with Crippen molar-refractivity contribution in [3.05, 3.63) is 71.3 Å². The van der Waals surface area contributed by atoms with E-state index in [0.29, 0.717) is 28.2 Å². The summed E-state index contributed by atoms with van der Waals surface area (Å²) in [5.74, 6) is 0.909. The van der Waals surface area contributed by atoms with Crippen LogP contribution in [0.1, 0.15) is 26.3 Å². The molecular formula is C19H21BF4O4S. The van der Waals surface area contributed by atoms with E-state index in [0.717, 1.165) is 0 Å². The molecule has 2 aromatic carbocycles. The molecule has 158 valence electrons. The summed E-state index contributed by atoms with van der Waals surface area (Å²) in [5.41, 5.74) is 1.34. The van der Waals surface area contributed by atoms with E-state index in [4.69, 9.17) is 10.2 Å². The van der Waals surface area contributed by atoms with Crippen molar-refractivity contribution in [1.29, 1.82) is 0 Å². The fraction of sp³-hybridized carbons (Fsp3) is 0.263. The average Bonchev–Trinajstić information content (AvgIpc) is 2.67. The number of hydrogen-bond acceptors (Lipinski definition) is 4. The van der Waals surface area contributed by atoms with Gasteiger partial charge in [-0.2, -0.15) is 0 Å². The molecule has 10 heteroatoms. The van der Waals surface area contributed by atoms with Crippen molar-refractivity contribution in [2.24, 2.45) is 0 Å². The van der Waals surface area contributed by atoms with Gasteiger partial charge in [0.1, 0.15) is 11.5 Å². The Kier molecular flexibility index (Phi) is 10.6. The van der Waals surface area contributed by atoms with Crippen molar-refractivity contribution in [2.45, 2.75) is 0 Å². The van der Waals surface area contributed by atoms with E-state index in [2.05, 4.69) is 0 Å². The molecule has 0 spiro atoms. The summed E-state index contributed by atoms with van der Waals surface area (Å²) in [7, 11) is -6.38. The van der Waals surface area contributed by atoms with Crippen molar-refractivity contribution in [1.82, 2.24) is 0 Å². The molecule has 29 heavy (non-hydrogen) atoms. The Hall–Kier alpha value is -2.17. The topological polar surface area (TPSA) is 74.6 Å². The molecule has 0 atom stereocenters. The smallest absolute Gasteiger partial charge is 0.418 e. The van der Waals surface area contributed by atoms with E-state index in [1.807, 2.05) is 6.07 Å². The minimum atomic E-state index is -6.00. The molecule has 0 aliphatic heterocycles. The van der Waals surface area contributed by atoms with Gasteiger partial charge in [0.25, 0.3) is 0 Å². The molecule has 0 aliphatic rings. The molecule has 2 aromatic rings. The normalized spacial score (nSPS) is 11.0. The van der Waals surface area contributed by atoms with Gasteiger partial charge >= 0.3 is 7.25 Å². The van der Waals surface area contributed by atoms with Gasteiger partial charge in [0.15, 0.2) is 11.5 Å². The highest BCUT2D eigenvalue weighted by Crippen LogP contribution is 2.16. The van der Waals surface area contributed by atoms with Crippen LogP contribution in [-0.4, -0.2) is 59.5 Å². The third-order valence-electron chi connectivity index (χ3n) is 3.60.